The predicted octanol–water partition coefficient (Wildman–Crippen LogP) is 14.0. The number of aromatic nitrogens is 2. The van der Waals surface area contributed by atoms with Gasteiger partial charge in [0.1, 0.15) is 11.5 Å². The van der Waals surface area contributed by atoms with Gasteiger partial charge < -0.3 is 4.74 Å². The average Bonchev–Trinajstić information content (AvgIpc) is 3.81. The Morgan fingerprint density at radius 3 is 1.74 bits per heavy atom. The van der Waals surface area contributed by atoms with E-state index in [0.29, 0.717) is 5.82 Å². The molecule has 0 amide bonds. The van der Waals surface area contributed by atoms with E-state index in [1.165, 1.54) is 36.9 Å². The molecule has 0 atom stereocenters. The molecular weight excluding hydrogens is 713 g/mol. The van der Waals surface area contributed by atoms with E-state index in [2.05, 4.69) is 194 Å². The summed E-state index contributed by atoms with van der Waals surface area (Å²) in [6.07, 6.45) is 0. The Kier molecular flexibility index (Phi) is 7.01. The number of rotatable bonds is 4. The van der Waals surface area contributed by atoms with Crippen LogP contribution >= 0.6 is 11.3 Å². The van der Waals surface area contributed by atoms with Crippen LogP contribution in [0.5, 0.6) is 11.5 Å². The molecule has 0 bridgehead atoms. The summed E-state index contributed by atoms with van der Waals surface area (Å²) in [5.41, 5.74) is 13.7. The van der Waals surface area contributed by atoms with Crippen molar-refractivity contribution in [1.82, 2.24) is 9.97 Å². The third kappa shape index (κ3) is 4.65. The standard InChI is InChI=1S/C53H32N2OS/c1-2-16-33(17-3-1)34-18-4-5-19-35(34)45-32-46(39-23-14-22-37-36-20-7-13-31-49(36)57-51(37)39)55-52(54-45)40-24-15-28-44-50(40)38-21-6-8-25-41(38)53(44)42-26-9-11-29-47(42)56-48-30-12-10-27-43(48)53/h1-32H. The molecule has 0 radical (unpaired) electrons. The maximum absolute atomic E-state index is 6.62. The maximum atomic E-state index is 6.62. The van der Waals surface area contributed by atoms with Crippen LogP contribution in [0.2, 0.25) is 0 Å². The number of para-hydroxylation sites is 2. The van der Waals surface area contributed by atoms with E-state index in [-0.39, 0.29) is 0 Å². The zero-order chi connectivity index (χ0) is 37.5. The molecule has 266 valence electrons. The van der Waals surface area contributed by atoms with Gasteiger partial charge in [0.05, 0.1) is 16.8 Å². The smallest absolute Gasteiger partial charge is 0.161 e. The van der Waals surface area contributed by atoms with Crippen molar-refractivity contribution in [2.45, 2.75) is 5.41 Å². The number of thiophene rings is 1. The molecule has 2 aromatic heterocycles. The van der Waals surface area contributed by atoms with Crippen LogP contribution in [-0.4, -0.2) is 9.97 Å². The summed E-state index contributed by atoms with van der Waals surface area (Å²) in [5, 5.41) is 2.51. The van der Waals surface area contributed by atoms with Crippen molar-refractivity contribution in [2.24, 2.45) is 0 Å². The van der Waals surface area contributed by atoms with Crippen LogP contribution in [0.4, 0.5) is 0 Å². The summed E-state index contributed by atoms with van der Waals surface area (Å²) in [6.45, 7) is 0. The zero-order valence-electron chi connectivity index (χ0n) is 30.7. The Hall–Kier alpha value is -7.14. The third-order valence-corrected chi connectivity index (χ3v) is 13.0. The van der Waals surface area contributed by atoms with Gasteiger partial charge in [-0.3, -0.25) is 0 Å². The highest BCUT2D eigenvalue weighted by molar-refractivity contribution is 7.26. The predicted molar refractivity (Wildman–Crippen MR) is 234 cm³/mol. The quantitative estimate of drug-likeness (QED) is 0.180. The molecule has 57 heavy (non-hydrogen) atoms. The number of hydrogen-bond donors (Lipinski definition) is 0. The second-order valence-corrected chi connectivity index (χ2v) is 15.8. The lowest BCUT2D eigenvalue weighted by Gasteiger charge is -2.39. The highest BCUT2D eigenvalue weighted by atomic mass is 32.1. The number of fused-ring (bicyclic) bond motifs is 12. The molecule has 0 saturated carbocycles. The van der Waals surface area contributed by atoms with Gasteiger partial charge in [0.2, 0.25) is 0 Å². The number of nitrogens with zero attached hydrogens (tertiary/aromatic N) is 2. The fraction of sp³-hybridized carbons (Fsp3) is 0.0189. The first-order valence-electron chi connectivity index (χ1n) is 19.3. The topological polar surface area (TPSA) is 35.0 Å². The largest absolute Gasteiger partial charge is 0.457 e. The lowest BCUT2D eigenvalue weighted by atomic mass is 9.66. The van der Waals surface area contributed by atoms with E-state index >= 15 is 0 Å². The molecule has 3 nitrogen and oxygen atoms in total. The molecule has 1 aliphatic heterocycles. The molecule has 3 heterocycles. The number of hydrogen-bond acceptors (Lipinski definition) is 4. The van der Waals surface area contributed by atoms with E-state index < -0.39 is 5.41 Å². The number of benzene rings is 8. The molecule has 4 heteroatoms. The fourth-order valence-corrected chi connectivity index (χ4v) is 10.7. The Morgan fingerprint density at radius 2 is 0.947 bits per heavy atom. The van der Waals surface area contributed by atoms with Crippen LogP contribution in [0.25, 0.3) is 76.3 Å². The van der Waals surface area contributed by atoms with Crippen LogP contribution in [-0.2, 0) is 5.41 Å². The van der Waals surface area contributed by atoms with Gasteiger partial charge in [-0.25, -0.2) is 9.97 Å². The normalized spacial score (nSPS) is 13.2. The van der Waals surface area contributed by atoms with E-state index in [4.69, 9.17) is 14.7 Å². The summed E-state index contributed by atoms with van der Waals surface area (Å²) < 4.78 is 9.11. The highest BCUT2D eigenvalue weighted by Crippen LogP contribution is 2.63. The monoisotopic (exact) mass is 744 g/mol. The molecule has 0 unspecified atom stereocenters. The minimum atomic E-state index is -0.587. The first-order valence-corrected chi connectivity index (χ1v) is 20.1. The molecule has 0 N–H and O–H groups in total. The Labute approximate surface area is 334 Å². The molecule has 10 aromatic rings. The minimum Gasteiger partial charge on any atom is -0.457 e. The van der Waals surface area contributed by atoms with Crippen molar-refractivity contribution in [3.63, 3.8) is 0 Å². The van der Waals surface area contributed by atoms with Crippen LogP contribution in [0, 0.1) is 0 Å². The van der Waals surface area contributed by atoms with Crippen molar-refractivity contribution in [3.05, 3.63) is 216 Å². The SMILES string of the molecule is c1ccc(-c2ccccc2-c2cc(-c3cccc4c3sc3ccccc34)nc(-c3cccc4c3-c3ccccc3C43c4ccccc4Oc4ccccc43)n2)cc1. The van der Waals surface area contributed by atoms with Gasteiger partial charge in [0.25, 0.3) is 0 Å². The third-order valence-electron chi connectivity index (χ3n) is 11.8. The summed E-state index contributed by atoms with van der Waals surface area (Å²) in [6, 6.07) is 69.2. The fourth-order valence-electron chi connectivity index (χ4n) is 9.46. The zero-order valence-corrected chi connectivity index (χ0v) is 31.5. The number of ether oxygens (including phenoxy) is 1. The van der Waals surface area contributed by atoms with E-state index in [1.807, 2.05) is 11.3 Å². The van der Waals surface area contributed by atoms with Gasteiger partial charge in [0, 0.05) is 48.0 Å². The van der Waals surface area contributed by atoms with E-state index in [9.17, 15) is 0 Å². The Balaban J connectivity index is 1.17. The second kappa shape index (κ2) is 12.4. The van der Waals surface area contributed by atoms with E-state index in [1.54, 1.807) is 0 Å². The minimum absolute atomic E-state index is 0.587. The summed E-state index contributed by atoms with van der Waals surface area (Å²) in [7, 11) is 0. The van der Waals surface area contributed by atoms with Crippen LogP contribution in [0.3, 0.4) is 0 Å². The lowest BCUT2D eigenvalue weighted by molar-refractivity contribution is 0.436. The van der Waals surface area contributed by atoms with Gasteiger partial charge >= 0.3 is 0 Å². The second-order valence-electron chi connectivity index (χ2n) is 14.8. The van der Waals surface area contributed by atoms with Crippen molar-refractivity contribution in [3.8, 4) is 67.7 Å². The summed E-state index contributed by atoms with van der Waals surface area (Å²) in [4.78, 5) is 11.1. The molecule has 1 aliphatic carbocycles. The molecule has 0 saturated heterocycles. The van der Waals surface area contributed by atoms with E-state index in [0.717, 1.165) is 67.4 Å². The van der Waals surface area contributed by atoms with Crippen molar-refractivity contribution in [1.29, 1.82) is 0 Å². The van der Waals surface area contributed by atoms with Gasteiger partial charge in [-0.1, -0.05) is 170 Å². The Bertz CT molecular complexity index is 3190. The molecule has 2 aliphatic rings. The molecule has 0 fully saturated rings. The van der Waals surface area contributed by atoms with Crippen LogP contribution < -0.4 is 4.74 Å². The Morgan fingerprint density at radius 1 is 0.404 bits per heavy atom. The van der Waals surface area contributed by atoms with Crippen LogP contribution in [0.1, 0.15) is 22.3 Å². The van der Waals surface area contributed by atoms with Gasteiger partial charge in [-0.15, -0.1) is 11.3 Å². The molecule has 8 aromatic carbocycles. The molecule has 12 rings (SSSR count). The summed E-state index contributed by atoms with van der Waals surface area (Å²) in [5.74, 6) is 2.44. The first-order chi connectivity index (χ1) is 28.3. The van der Waals surface area contributed by atoms with Gasteiger partial charge in [0.15, 0.2) is 5.82 Å². The molecule has 1 spiro atoms. The van der Waals surface area contributed by atoms with Crippen LogP contribution in [0.15, 0.2) is 194 Å². The lowest BCUT2D eigenvalue weighted by Crippen LogP contribution is -2.32. The summed E-state index contributed by atoms with van der Waals surface area (Å²) >= 11 is 1.83. The van der Waals surface area contributed by atoms with Crippen molar-refractivity contribution in [2.75, 3.05) is 0 Å². The van der Waals surface area contributed by atoms with Crippen molar-refractivity contribution < 1.29 is 4.74 Å². The maximum Gasteiger partial charge on any atom is 0.161 e. The average molecular weight is 745 g/mol. The highest BCUT2D eigenvalue weighted by Gasteiger charge is 2.51. The van der Waals surface area contributed by atoms with Gasteiger partial charge in [-0.2, -0.15) is 0 Å². The van der Waals surface area contributed by atoms with Crippen molar-refractivity contribution >= 4 is 31.5 Å². The van der Waals surface area contributed by atoms with Gasteiger partial charge in [-0.05, 0) is 57.6 Å². The molecular formula is C53H32N2OS. The first kappa shape index (κ1) is 32.1.